The predicted octanol–water partition coefficient (Wildman–Crippen LogP) is 18.3. The Bertz CT molecular complexity index is 4450. The van der Waals surface area contributed by atoms with Crippen molar-refractivity contribution in [1.29, 1.82) is 0 Å². The lowest BCUT2D eigenvalue weighted by molar-refractivity contribution is -0.117. The van der Waals surface area contributed by atoms with Gasteiger partial charge in [-0.3, -0.25) is 34.0 Å². The summed E-state index contributed by atoms with van der Waals surface area (Å²) in [6.07, 6.45) is 10.4. The summed E-state index contributed by atoms with van der Waals surface area (Å²) in [7, 11) is 5.57. The van der Waals surface area contributed by atoms with Crippen LogP contribution in [-0.2, 0) is 91.1 Å². The second-order valence-corrected chi connectivity index (χ2v) is 29.0. The lowest BCUT2D eigenvalue weighted by atomic mass is 9.94. The molecule has 13 rings (SSSR count). The molecule has 21 nitrogen and oxygen atoms in total. The number of rotatable bonds is 14. The van der Waals surface area contributed by atoms with E-state index in [1.165, 1.54) is 34.0 Å². The molecule has 1 aromatic heterocycles. The van der Waals surface area contributed by atoms with Gasteiger partial charge in [-0.05, 0) is 219 Å². The van der Waals surface area contributed by atoms with Crippen molar-refractivity contribution in [3.05, 3.63) is 229 Å². The molecule has 568 valence electrons. The number of nitrogens with zero attached hydrogens (tertiary/aromatic N) is 5. The summed E-state index contributed by atoms with van der Waals surface area (Å²) in [5.41, 5.74) is 28.7. The summed E-state index contributed by atoms with van der Waals surface area (Å²) in [5.74, 6) is 0.846. The van der Waals surface area contributed by atoms with Crippen molar-refractivity contribution in [3.8, 4) is 0 Å². The van der Waals surface area contributed by atoms with Crippen LogP contribution in [0.5, 0.6) is 0 Å². The normalized spacial score (nSPS) is 15.8. The second-order valence-electron chi connectivity index (χ2n) is 26.9. The number of imidazole rings is 1. The van der Waals surface area contributed by atoms with Gasteiger partial charge in [0.15, 0.2) is 0 Å². The van der Waals surface area contributed by atoms with Gasteiger partial charge in [0.2, 0.25) is 17.1 Å². The van der Waals surface area contributed by atoms with E-state index < -0.39 is 6.09 Å². The number of aromatic nitrogens is 2. The van der Waals surface area contributed by atoms with Crippen molar-refractivity contribution in [2.24, 2.45) is 0 Å². The van der Waals surface area contributed by atoms with Crippen LogP contribution >= 0.6 is 43.5 Å². The van der Waals surface area contributed by atoms with Crippen molar-refractivity contribution in [2.75, 3.05) is 70.1 Å². The largest absolute Gasteiger partial charge is 0.452 e. The third-order valence-electron chi connectivity index (χ3n) is 19.6. The molecule has 0 spiro atoms. The maximum Gasteiger partial charge on any atom is 0.414 e. The van der Waals surface area contributed by atoms with Crippen molar-refractivity contribution >= 4 is 141 Å². The molecule has 0 aliphatic carbocycles. The Morgan fingerprint density at radius 3 is 1.20 bits per heavy atom. The van der Waals surface area contributed by atoms with Gasteiger partial charge in [0.1, 0.15) is 5.82 Å². The highest BCUT2D eigenvalue weighted by Gasteiger charge is 2.35. The number of fused-ring (bicyclic) bond motifs is 6. The van der Waals surface area contributed by atoms with Crippen LogP contribution in [0.3, 0.4) is 0 Å². The number of amides is 6. The van der Waals surface area contributed by atoms with Crippen LogP contribution in [0.25, 0.3) is 11.0 Å². The fourth-order valence-corrected chi connectivity index (χ4v) is 14.7. The number of nitrogens with two attached hydrogens (primary N) is 2. The Morgan fingerprint density at radius 2 is 0.778 bits per heavy atom. The molecule has 9 aromatic rings. The summed E-state index contributed by atoms with van der Waals surface area (Å²) in [4.78, 5) is 98.8. The molecular formula is C84H95Br2ClN10O11. The molecule has 4 atom stereocenters. The van der Waals surface area contributed by atoms with Crippen molar-refractivity contribution in [2.45, 2.75) is 155 Å². The van der Waals surface area contributed by atoms with Crippen LogP contribution in [-0.4, -0.2) is 104 Å². The monoisotopic (exact) mass is 1610 g/mol. The molecule has 0 fully saturated rings. The van der Waals surface area contributed by atoms with Gasteiger partial charge in [-0.2, -0.15) is 0 Å². The zero-order valence-electron chi connectivity index (χ0n) is 62.3. The molecule has 24 heteroatoms. The number of hydrogen-bond acceptors (Lipinski definition) is 14. The number of carbonyl (C=O) groups is 7. The summed E-state index contributed by atoms with van der Waals surface area (Å²) < 4.78 is 21.4. The highest BCUT2D eigenvalue weighted by Crippen LogP contribution is 2.43. The number of benzene rings is 8. The van der Waals surface area contributed by atoms with E-state index in [1.807, 2.05) is 160 Å². The molecule has 0 saturated carbocycles. The first-order valence-electron chi connectivity index (χ1n) is 36.3. The number of aryl methyl sites for hydroxylation is 6. The summed E-state index contributed by atoms with van der Waals surface area (Å²) in [5, 5.41) is 5.72. The molecular weight excluding hydrogens is 1520 g/mol. The van der Waals surface area contributed by atoms with Crippen LogP contribution in [0.15, 0.2) is 179 Å². The minimum absolute atomic E-state index is 0.0233. The van der Waals surface area contributed by atoms with Gasteiger partial charge < -0.3 is 46.0 Å². The lowest BCUT2D eigenvalue weighted by Gasteiger charge is -2.35. The number of nitrogens with one attached hydrogen (secondary N) is 3. The van der Waals surface area contributed by atoms with E-state index in [4.69, 9.17) is 47.0 Å². The Labute approximate surface area is 653 Å². The zero-order valence-corrected chi connectivity index (χ0v) is 66.2. The molecule has 7 N–H and O–H groups in total. The number of methoxy groups -OCH3 is 4. The summed E-state index contributed by atoms with van der Waals surface area (Å²) in [6, 6.07) is 55.5. The second kappa shape index (κ2) is 39.6. The highest BCUT2D eigenvalue weighted by atomic mass is 79.9. The molecule has 8 aromatic carbocycles. The van der Waals surface area contributed by atoms with Gasteiger partial charge in [-0.1, -0.05) is 121 Å². The number of halogens is 3. The molecule has 0 saturated heterocycles. The predicted molar refractivity (Wildman–Crippen MR) is 437 cm³/mol. The molecule has 4 aliphatic rings. The molecule has 4 aliphatic heterocycles. The molecule has 0 radical (unpaired) electrons. The number of H-pyrrole nitrogens is 1. The van der Waals surface area contributed by atoms with E-state index in [1.54, 1.807) is 25.7 Å². The topological polar surface area (TPSA) is 274 Å². The van der Waals surface area contributed by atoms with Crippen LogP contribution in [0, 0.1) is 0 Å². The summed E-state index contributed by atoms with van der Waals surface area (Å²) >= 11 is 12.1. The quantitative estimate of drug-likeness (QED) is 0.0385. The van der Waals surface area contributed by atoms with Crippen molar-refractivity contribution in [1.82, 2.24) is 9.97 Å². The van der Waals surface area contributed by atoms with Crippen LogP contribution in [0.4, 0.5) is 64.7 Å². The third kappa shape index (κ3) is 21.1. The number of aromatic amines is 1. The average Bonchev–Trinajstić information content (AvgIpc) is 1.35. The number of ether oxygens (including phenoxy) is 4. The van der Waals surface area contributed by atoms with Crippen LogP contribution in [0.1, 0.15) is 123 Å². The minimum Gasteiger partial charge on any atom is -0.452 e. The molecule has 108 heavy (non-hydrogen) atoms. The van der Waals surface area contributed by atoms with Crippen LogP contribution < -0.4 is 41.7 Å². The standard InChI is InChI=1S/C21H23BrN2O3.C21H25N3O3.C21H23N3O2.C12H15BrN2O2.C9H9ClO/c2*1-14-8-10-16-18(24(14)21(26)27-2)12-11-17(22)20(16)23-19(25)13-9-15-6-4-3-5-7-15;1-14-8-10-16-18(24(14)21(25)26-2)12-11-17-20(16)23-19(22-17)13-9-15-6-4-3-5-7-15;1-7-3-4-8-10(15(7)12(16)17-2)6-5-9(13)11(8)14;10-9(11)7-6-8-4-2-1-3-5-8/h3-7,11-12,14H,8-10,13H2,1-2H3,(H,23,25);3-7,11-12,14H,8-10,13,22H2,1-2H3,(H,23,25);3-7,11-12,14H,8-10,13H2,1-2H3,(H,22,23);5-7H,3-4,14H2,1-2H3;1-5H,6-7H2/t3*14-;7-;/m0000./s1. The maximum absolute atomic E-state index is 12.5. The first kappa shape index (κ1) is 81.8. The first-order valence-corrected chi connectivity index (χ1v) is 38.2. The van der Waals surface area contributed by atoms with Gasteiger partial charge in [0, 0.05) is 81.0 Å². The SMILES string of the molecule is COC(=O)N1c2ccc(Br)c(N)c2CC[C@@H]1C.COC(=O)N1c2ccc(Br)c(NC(=O)CCc3ccccc3)c2CC[C@@H]1C.COC(=O)N1c2ccc(N)c(NC(=O)CCc3ccccc3)c2CC[C@@H]1C.COC(=O)N1c2ccc3[nH]c(CCc4ccccc4)nc3c2CC[C@@H]1C.O=C(Cl)CCc1ccccc1. The fourth-order valence-electron chi connectivity index (χ4n) is 13.8. The van der Waals surface area contributed by atoms with Gasteiger partial charge in [-0.15, -0.1) is 0 Å². The molecule has 0 unspecified atom stereocenters. The Kier molecular flexibility index (Phi) is 30.0. The Hall–Kier alpha value is -10.2. The lowest BCUT2D eigenvalue weighted by Crippen LogP contribution is -2.42. The number of nitrogen functional groups attached to an aromatic ring is 2. The third-order valence-corrected chi connectivity index (χ3v) is 21.1. The van der Waals surface area contributed by atoms with E-state index in [0.29, 0.717) is 49.2 Å². The van der Waals surface area contributed by atoms with Gasteiger partial charge >= 0.3 is 24.4 Å². The van der Waals surface area contributed by atoms with E-state index >= 15 is 0 Å². The fraction of sp³-hybridized carbons (Fsp3) is 0.333. The Balaban J connectivity index is 0.000000160. The number of anilines is 8. The first-order chi connectivity index (χ1) is 52.0. The number of hydrogen-bond donors (Lipinski definition) is 5. The van der Waals surface area contributed by atoms with E-state index in [0.717, 1.165) is 164 Å². The van der Waals surface area contributed by atoms with E-state index in [-0.39, 0.29) is 59.5 Å². The average molecular weight is 1620 g/mol. The van der Waals surface area contributed by atoms with Gasteiger partial charge in [0.05, 0.1) is 85.0 Å². The summed E-state index contributed by atoms with van der Waals surface area (Å²) in [6.45, 7) is 8.05. The Morgan fingerprint density at radius 1 is 0.435 bits per heavy atom. The van der Waals surface area contributed by atoms with Gasteiger partial charge in [0.25, 0.3) is 0 Å². The highest BCUT2D eigenvalue weighted by molar-refractivity contribution is 9.11. The minimum atomic E-state index is -0.408. The van der Waals surface area contributed by atoms with E-state index in [2.05, 4.69) is 78.7 Å². The van der Waals surface area contributed by atoms with Crippen LogP contribution in [0.2, 0.25) is 0 Å². The number of carbonyl (C=O) groups excluding carboxylic acids is 7. The van der Waals surface area contributed by atoms with Crippen molar-refractivity contribution in [3.63, 3.8) is 0 Å². The van der Waals surface area contributed by atoms with E-state index in [9.17, 15) is 33.6 Å². The molecule has 5 heterocycles. The van der Waals surface area contributed by atoms with Gasteiger partial charge in [-0.25, -0.2) is 24.2 Å². The smallest absolute Gasteiger partial charge is 0.414 e. The van der Waals surface area contributed by atoms with Crippen molar-refractivity contribution < 1.29 is 52.5 Å². The maximum atomic E-state index is 12.5. The molecule has 0 bridgehead atoms. The molecule has 6 amide bonds. The zero-order chi connectivity index (χ0) is 77.6.